The number of fused-ring (bicyclic) bond motifs is 1. The van der Waals surface area contributed by atoms with Crippen molar-refractivity contribution in [2.24, 2.45) is 0 Å². The second kappa shape index (κ2) is 8.60. The first-order valence-corrected chi connectivity index (χ1v) is 8.94. The van der Waals surface area contributed by atoms with Gasteiger partial charge in [-0.05, 0) is 30.3 Å². The van der Waals surface area contributed by atoms with Crippen LogP contribution < -0.4 is 9.47 Å². The molecule has 0 saturated heterocycles. The van der Waals surface area contributed by atoms with E-state index >= 15 is 0 Å². The van der Waals surface area contributed by atoms with Crippen LogP contribution in [0.25, 0.3) is 22.2 Å². The van der Waals surface area contributed by atoms with E-state index in [1.807, 2.05) is 24.3 Å². The number of nitrogens with zero attached hydrogens (tertiary/aromatic N) is 2. The molecule has 1 amide bonds. The van der Waals surface area contributed by atoms with Crippen molar-refractivity contribution in [1.82, 2.24) is 9.88 Å². The number of aromatic nitrogens is 1. The molecule has 2 aromatic carbocycles. The molecule has 0 aliphatic carbocycles. The minimum atomic E-state index is -0.583. The summed E-state index contributed by atoms with van der Waals surface area (Å²) in [5, 5.41) is 0.652. The van der Waals surface area contributed by atoms with Crippen molar-refractivity contribution >= 4 is 22.8 Å². The molecule has 0 unspecified atom stereocenters. The summed E-state index contributed by atoms with van der Waals surface area (Å²) in [7, 11) is 6.33. The van der Waals surface area contributed by atoms with E-state index in [2.05, 4.69) is 4.98 Å². The van der Waals surface area contributed by atoms with Gasteiger partial charge in [-0.25, -0.2) is 9.78 Å². The monoisotopic (exact) mass is 394 g/mol. The molecule has 0 aliphatic rings. The normalized spacial score (nSPS) is 10.5. The summed E-state index contributed by atoms with van der Waals surface area (Å²) in [6, 6.07) is 14.3. The standard InChI is InChI=1S/C22H22N2O5/c1-24(2)21(25)13-29-22(26)16-12-18(23-17-8-6-5-7-15(16)17)14-9-10-19(27-3)20(11-14)28-4/h5-12H,13H2,1-4H3. The van der Waals surface area contributed by atoms with E-state index in [4.69, 9.17) is 14.2 Å². The number of amides is 1. The Morgan fingerprint density at radius 3 is 2.38 bits per heavy atom. The highest BCUT2D eigenvalue weighted by Crippen LogP contribution is 2.33. The summed E-state index contributed by atoms with van der Waals surface area (Å²) in [5.41, 5.74) is 2.32. The van der Waals surface area contributed by atoms with Crippen LogP contribution in [-0.2, 0) is 9.53 Å². The number of benzene rings is 2. The average molecular weight is 394 g/mol. The van der Waals surface area contributed by atoms with Crippen molar-refractivity contribution in [1.29, 1.82) is 0 Å². The summed E-state index contributed by atoms with van der Waals surface area (Å²) >= 11 is 0. The minimum absolute atomic E-state index is 0.295. The van der Waals surface area contributed by atoms with Crippen LogP contribution in [0.3, 0.4) is 0 Å². The number of carbonyl (C=O) groups is 2. The highest BCUT2D eigenvalue weighted by Gasteiger charge is 2.17. The summed E-state index contributed by atoms with van der Waals surface area (Å²) in [4.78, 5) is 30.5. The number of hydrogen-bond donors (Lipinski definition) is 0. The van der Waals surface area contributed by atoms with Gasteiger partial charge in [0.15, 0.2) is 18.1 Å². The number of hydrogen-bond acceptors (Lipinski definition) is 6. The molecule has 0 radical (unpaired) electrons. The van der Waals surface area contributed by atoms with Gasteiger partial charge in [0.25, 0.3) is 5.91 Å². The first kappa shape index (κ1) is 20.1. The molecule has 7 nitrogen and oxygen atoms in total. The first-order valence-electron chi connectivity index (χ1n) is 8.94. The van der Waals surface area contributed by atoms with E-state index in [0.29, 0.717) is 33.7 Å². The Kier molecular flexibility index (Phi) is 5.97. The Balaban J connectivity index is 2.05. The topological polar surface area (TPSA) is 78.0 Å². The number of likely N-dealkylation sites (N-methyl/N-ethyl adjacent to an activating group) is 1. The molecule has 0 fully saturated rings. The van der Waals surface area contributed by atoms with E-state index in [0.717, 1.165) is 5.56 Å². The molecule has 0 spiro atoms. The SMILES string of the molecule is COc1ccc(-c2cc(C(=O)OCC(=O)N(C)C)c3ccccc3n2)cc1OC. The van der Waals surface area contributed by atoms with Gasteiger partial charge in [-0.15, -0.1) is 0 Å². The van der Waals surface area contributed by atoms with Gasteiger partial charge in [-0.3, -0.25) is 4.79 Å². The summed E-state index contributed by atoms with van der Waals surface area (Å²) < 4.78 is 15.9. The van der Waals surface area contributed by atoms with Crippen molar-refractivity contribution in [2.45, 2.75) is 0 Å². The maximum absolute atomic E-state index is 12.7. The predicted octanol–water partition coefficient (Wildman–Crippen LogP) is 3.16. The van der Waals surface area contributed by atoms with Crippen LogP contribution in [0, 0.1) is 0 Å². The van der Waals surface area contributed by atoms with E-state index in [1.165, 1.54) is 4.90 Å². The van der Waals surface area contributed by atoms with Gasteiger partial charge in [0, 0.05) is 25.0 Å². The zero-order chi connectivity index (χ0) is 21.0. The van der Waals surface area contributed by atoms with Gasteiger partial charge in [0.05, 0.1) is 31.0 Å². The summed E-state index contributed by atoms with van der Waals surface area (Å²) in [6.45, 7) is -0.325. The maximum atomic E-state index is 12.7. The quantitative estimate of drug-likeness (QED) is 0.598. The molecular weight excluding hydrogens is 372 g/mol. The van der Waals surface area contributed by atoms with Gasteiger partial charge in [0.1, 0.15) is 0 Å². The number of ether oxygens (including phenoxy) is 3. The van der Waals surface area contributed by atoms with E-state index in [-0.39, 0.29) is 12.5 Å². The fraction of sp³-hybridized carbons (Fsp3) is 0.227. The fourth-order valence-corrected chi connectivity index (χ4v) is 2.82. The van der Waals surface area contributed by atoms with Crippen LogP contribution in [0.4, 0.5) is 0 Å². The number of carbonyl (C=O) groups excluding carboxylic acids is 2. The van der Waals surface area contributed by atoms with E-state index < -0.39 is 5.97 Å². The van der Waals surface area contributed by atoms with Crippen LogP contribution in [0.1, 0.15) is 10.4 Å². The molecule has 7 heteroatoms. The Bertz CT molecular complexity index is 1060. The maximum Gasteiger partial charge on any atom is 0.339 e. The van der Waals surface area contributed by atoms with Crippen molar-refractivity contribution in [3.05, 3.63) is 54.1 Å². The average Bonchev–Trinajstić information content (AvgIpc) is 2.75. The number of pyridine rings is 1. The molecule has 3 rings (SSSR count). The summed E-state index contributed by atoms with van der Waals surface area (Å²) in [5.74, 6) is 0.275. The first-order chi connectivity index (χ1) is 13.9. The summed E-state index contributed by atoms with van der Waals surface area (Å²) in [6.07, 6.45) is 0. The number of methoxy groups -OCH3 is 2. The lowest BCUT2D eigenvalue weighted by atomic mass is 10.0. The van der Waals surface area contributed by atoms with Crippen LogP contribution in [0.15, 0.2) is 48.5 Å². The molecule has 3 aromatic rings. The van der Waals surface area contributed by atoms with Crippen LogP contribution in [0.5, 0.6) is 11.5 Å². The van der Waals surface area contributed by atoms with E-state index in [9.17, 15) is 9.59 Å². The smallest absolute Gasteiger partial charge is 0.339 e. The third-order valence-electron chi connectivity index (χ3n) is 4.44. The highest BCUT2D eigenvalue weighted by atomic mass is 16.5. The lowest BCUT2D eigenvalue weighted by molar-refractivity contribution is -0.131. The van der Waals surface area contributed by atoms with Gasteiger partial charge in [-0.2, -0.15) is 0 Å². The van der Waals surface area contributed by atoms with Gasteiger partial charge >= 0.3 is 5.97 Å². The lowest BCUT2D eigenvalue weighted by Crippen LogP contribution is -2.27. The van der Waals surface area contributed by atoms with E-state index in [1.54, 1.807) is 52.6 Å². The molecule has 0 aliphatic heterocycles. The van der Waals surface area contributed by atoms with Crippen LogP contribution in [0.2, 0.25) is 0 Å². The Labute approximate surface area is 168 Å². The zero-order valence-electron chi connectivity index (χ0n) is 16.8. The third kappa shape index (κ3) is 4.29. The molecule has 0 atom stereocenters. The zero-order valence-corrected chi connectivity index (χ0v) is 16.8. The van der Waals surface area contributed by atoms with Crippen molar-refractivity contribution in [3.8, 4) is 22.8 Å². The minimum Gasteiger partial charge on any atom is -0.493 e. The van der Waals surface area contributed by atoms with Crippen LogP contribution in [-0.4, -0.2) is 56.7 Å². The van der Waals surface area contributed by atoms with Crippen molar-refractivity contribution < 1.29 is 23.8 Å². The van der Waals surface area contributed by atoms with Gasteiger partial charge in [0.2, 0.25) is 0 Å². The molecule has 150 valence electrons. The van der Waals surface area contributed by atoms with Crippen molar-refractivity contribution in [2.75, 3.05) is 34.9 Å². The Hall–Kier alpha value is -3.61. The fourth-order valence-electron chi connectivity index (χ4n) is 2.82. The molecular formula is C22H22N2O5. The highest BCUT2D eigenvalue weighted by molar-refractivity contribution is 6.05. The Morgan fingerprint density at radius 1 is 0.966 bits per heavy atom. The van der Waals surface area contributed by atoms with Crippen LogP contribution >= 0.6 is 0 Å². The third-order valence-corrected chi connectivity index (χ3v) is 4.44. The molecule has 1 aromatic heterocycles. The number of esters is 1. The molecule has 0 N–H and O–H groups in total. The number of rotatable bonds is 6. The lowest BCUT2D eigenvalue weighted by Gasteiger charge is -2.13. The molecule has 1 heterocycles. The number of para-hydroxylation sites is 1. The molecule has 0 saturated carbocycles. The van der Waals surface area contributed by atoms with Gasteiger partial charge < -0.3 is 19.1 Å². The molecule has 29 heavy (non-hydrogen) atoms. The largest absolute Gasteiger partial charge is 0.493 e. The predicted molar refractivity (Wildman–Crippen MR) is 109 cm³/mol. The Morgan fingerprint density at radius 2 is 1.69 bits per heavy atom. The molecule has 0 bridgehead atoms. The second-order valence-corrected chi connectivity index (χ2v) is 6.51. The van der Waals surface area contributed by atoms with Crippen molar-refractivity contribution in [3.63, 3.8) is 0 Å². The van der Waals surface area contributed by atoms with Gasteiger partial charge in [-0.1, -0.05) is 18.2 Å². The second-order valence-electron chi connectivity index (χ2n) is 6.51.